The summed E-state index contributed by atoms with van der Waals surface area (Å²) in [6.45, 7) is 0.272. The number of phenols is 3. The number of aromatic hydroxyl groups is 3. The van der Waals surface area contributed by atoms with Crippen LogP contribution in [-0.4, -0.2) is 70.6 Å². The molecule has 0 aliphatic rings. The summed E-state index contributed by atoms with van der Waals surface area (Å²) in [5, 5.41) is 36.9. The number of nitrogens with zero attached hydrogens (tertiary/aromatic N) is 1. The van der Waals surface area contributed by atoms with Crippen molar-refractivity contribution >= 4 is 11.9 Å². The third-order valence-corrected chi connectivity index (χ3v) is 2.73. The van der Waals surface area contributed by atoms with Crippen LogP contribution in [0.4, 0.5) is 0 Å². The first kappa shape index (κ1) is 17.6. The van der Waals surface area contributed by atoms with Crippen LogP contribution in [0.5, 0.6) is 17.2 Å². The van der Waals surface area contributed by atoms with Gasteiger partial charge in [0.1, 0.15) is 6.54 Å². The Morgan fingerprint density at radius 3 is 2.05 bits per heavy atom. The zero-order valence-electron chi connectivity index (χ0n) is 12.6. The van der Waals surface area contributed by atoms with Gasteiger partial charge in [0.05, 0.1) is 33.1 Å². The maximum atomic E-state index is 12.0. The van der Waals surface area contributed by atoms with E-state index in [0.717, 1.165) is 12.1 Å². The summed E-state index contributed by atoms with van der Waals surface area (Å²) in [5.41, 5.74) is -0.190. The number of esters is 1. The molecule has 22 heavy (non-hydrogen) atoms. The molecule has 4 N–H and O–H groups in total. The molecule has 0 saturated carbocycles. The molecule has 0 saturated heterocycles. The van der Waals surface area contributed by atoms with E-state index in [1.54, 1.807) is 0 Å². The van der Waals surface area contributed by atoms with Crippen molar-refractivity contribution in [3.05, 3.63) is 17.7 Å². The first-order valence-corrected chi connectivity index (χ1v) is 6.48. The van der Waals surface area contributed by atoms with Crippen molar-refractivity contribution in [3.63, 3.8) is 0 Å². The number of benzene rings is 1. The molecule has 1 aromatic carbocycles. The maximum absolute atomic E-state index is 12.0. The fourth-order valence-corrected chi connectivity index (χ4v) is 1.89. The molecule has 1 aromatic rings. The van der Waals surface area contributed by atoms with Gasteiger partial charge in [-0.2, -0.15) is 0 Å². The Labute approximate surface area is 127 Å². The van der Waals surface area contributed by atoms with Gasteiger partial charge >= 0.3 is 11.9 Å². The van der Waals surface area contributed by atoms with Gasteiger partial charge in [0, 0.05) is 0 Å². The second kappa shape index (κ2) is 6.52. The normalized spacial score (nSPS) is 12.7. The topological polar surface area (TPSA) is 124 Å². The van der Waals surface area contributed by atoms with E-state index in [4.69, 9.17) is 9.84 Å². The van der Waals surface area contributed by atoms with Gasteiger partial charge in [-0.1, -0.05) is 0 Å². The van der Waals surface area contributed by atoms with E-state index in [-0.39, 0.29) is 18.5 Å². The summed E-state index contributed by atoms with van der Waals surface area (Å²) in [7, 11) is 5.46. The van der Waals surface area contributed by atoms with Gasteiger partial charge in [-0.15, -0.1) is 0 Å². The van der Waals surface area contributed by atoms with E-state index in [1.807, 2.05) is 21.1 Å². The van der Waals surface area contributed by atoms with Gasteiger partial charge < -0.3 is 29.6 Å². The van der Waals surface area contributed by atoms with Gasteiger partial charge in [-0.3, -0.25) is 4.79 Å². The summed E-state index contributed by atoms with van der Waals surface area (Å²) in [4.78, 5) is 22.9. The molecule has 0 amide bonds. The SMILES string of the molecule is C[N+](C)(C)CC(CC(=O)O)OC(=O)c1cc(O)c(O)c(O)c1. The van der Waals surface area contributed by atoms with Gasteiger partial charge in [-0.25, -0.2) is 4.79 Å². The second-order valence-electron chi connectivity index (χ2n) is 5.96. The first-order chi connectivity index (χ1) is 9.99. The fraction of sp³-hybridized carbons (Fsp3) is 0.429. The van der Waals surface area contributed by atoms with Crippen molar-refractivity contribution in [3.8, 4) is 17.2 Å². The third kappa shape index (κ3) is 5.13. The average molecular weight is 314 g/mol. The number of ether oxygens (including phenoxy) is 1. The summed E-state index contributed by atoms with van der Waals surface area (Å²) in [5.74, 6) is -4.10. The lowest BCUT2D eigenvalue weighted by Gasteiger charge is -2.28. The molecule has 0 bridgehead atoms. The van der Waals surface area contributed by atoms with Gasteiger partial charge in [0.25, 0.3) is 0 Å². The Balaban J connectivity index is 2.93. The zero-order valence-corrected chi connectivity index (χ0v) is 12.6. The molecule has 8 nitrogen and oxygen atoms in total. The molecule has 1 rings (SSSR count). The number of rotatable bonds is 6. The van der Waals surface area contributed by atoms with Crippen molar-refractivity contribution < 1.29 is 39.2 Å². The highest BCUT2D eigenvalue weighted by atomic mass is 16.5. The standard InChI is InChI=1S/C14H19NO7/c1-15(2,3)7-9(6-12(18)19)22-14(21)8-4-10(16)13(20)11(17)5-8/h4-5,9H,6-7H2,1-3H3,(H3-,16,17,18,19,20,21)/p+1. The number of carboxylic acid groups (broad SMARTS) is 1. The van der Waals surface area contributed by atoms with Crippen molar-refractivity contribution in [1.82, 2.24) is 0 Å². The smallest absolute Gasteiger partial charge is 0.338 e. The molecule has 122 valence electrons. The van der Waals surface area contributed by atoms with Crippen LogP contribution in [-0.2, 0) is 9.53 Å². The lowest BCUT2D eigenvalue weighted by Crippen LogP contribution is -2.43. The zero-order chi connectivity index (χ0) is 17.1. The fourth-order valence-electron chi connectivity index (χ4n) is 1.89. The molecule has 1 unspecified atom stereocenters. The third-order valence-electron chi connectivity index (χ3n) is 2.73. The molecule has 0 radical (unpaired) electrons. The highest BCUT2D eigenvalue weighted by molar-refractivity contribution is 5.91. The molecule has 0 fully saturated rings. The quantitative estimate of drug-likeness (QED) is 0.342. The molecular formula is C14H20NO7+. The van der Waals surface area contributed by atoms with E-state index < -0.39 is 35.3 Å². The molecule has 0 aliphatic carbocycles. The minimum absolute atomic E-state index is 0.190. The minimum atomic E-state index is -1.11. The maximum Gasteiger partial charge on any atom is 0.338 e. The predicted octanol–water partition coefficient (Wildman–Crippen LogP) is 0.510. The van der Waals surface area contributed by atoms with Crippen LogP contribution in [0.15, 0.2) is 12.1 Å². The van der Waals surface area contributed by atoms with Crippen LogP contribution in [0.1, 0.15) is 16.8 Å². The Bertz CT molecular complexity index is 554. The van der Waals surface area contributed by atoms with E-state index in [9.17, 15) is 24.9 Å². The number of carboxylic acids is 1. The second-order valence-corrected chi connectivity index (χ2v) is 5.96. The highest BCUT2D eigenvalue weighted by Gasteiger charge is 2.26. The number of carbonyl (C=O) groups excluding carboxylic acids is 1. The van der Waals surface area contributed by atoms with E-state index in [1.165, 1.54) is 0 Å². The number of carbonyl (C=O) groups is 2. The lowest BCUT2D eigenvalue weighted by molar-refractivity contribution is -0.873. The van der Waals surface area contributed by atoms with Crippen LogP contribution < -0.4 is 0 Å². The minimum Gasteiger partial charge on any atom is -0.504 e. The molecule has 0 heterocycles. The molecule has 0 spiro atoms. The van der Waals surface area contributed by atoms with Gasteiger partial charge in [0.15, 0.2) is 23.4 Å². The number of likely N-dealkylation sites (N-methyl/N-ethyl adjacent to an activating group) is 1. The first-order valence-electron chi connectivity index (χ1n) is 6.48. The number of quaternary nitrogens is 1. The van der Waals surface area contributed by atoms with Crippen molar-refractivity contribution in [2.45, 2.75) is 12.5 Å². The number of hydrogen-bond donors (Lipinski definition) is 4. The summed E-state index contributed by atoms with van der Waals surface area (Å²) >= 11 is 0. The molecular weight excluding hydrogens is 294 g/mol. The van der Waals surface area contributed by atoms with E-state index in [2.05, 4.69) is 0 Å². The average Bonchev–Trinajstić information content (AvgIpc) is 2.32. The number of phenolic OH excluding ortho intramolecular Hbond substituents is 3. The van der Waals surface area contributed by atoms with Crippen molar-refractivity contribution in [2.75, 3.05) is 27.7 Å². The number of aliphatic carboxylic acids is 1. The van der Waals surface area contributed by atoms with Crippen molar-refractivity contribution in [1.29, 1.82) is 0 Å². The summed E-state index contributed by atoms with van der Waals surface area (Å²) < 4.78 is 5.52. The highest BCUT2D eigenvalue weighted by Crippen LogP contribution is 2.35. The van der Waals surface area contributed by atoms with Gasteiger partial charge in [0.2, 0.25) is 0 Å². The lowest BCUT2D eigenvalue weighted by atomic mass is 10.1. The van der Waals surface area contributed by atoms with E-state index in [0.29, 0.717) is 4.48 Å². The Hall–Kier alpha value is -2.48. The van der Waals surface area contributed by atoms with Crippen molar-refractivity contribution in [2.24, 2.45) is 0 Å². The van der Waals surface area contributed by atoms with Gasteiger partial charge in [-0.05, 0) is 12.1 Å². The molecule has 0 aromatic heterocycles. The van der Waals surface area contributed by atoms with Crippen LogP contribution >= 0.6 is 0 Å². The van der Waals surface area contributed by atoms with Crippen LogP contribution in [0.3, 0.4) is 0 Å². The van der Waals surface area contributed by atoms with Crippen LogP contribution in [0.25, 0.3) is 0 Å². The van der Waals surface area contributed by atoms with E-state index >= 15 is 0 Å². The Kier molecular flexibility index (Phi) is 5.21. The predicted molar refractivity (Wildman–Crippen MR) is 75.8 cm³/mol. The van der Waals surface area contributed by atoms with Crippen LogP contribution in [0, 0.1) is 0 Å². The number of hydrogen-bond acceptors (Lipinski definition) is 6. The van der Waals surface area contributed by atoms with Crippen LogP contribution in [0.2, 0.25) is 0 Å². The molecule has 0 aliphatic heterocycles. The molecule has 1 atom stereocenters. The Morgan fingerprint density at radius 1 is 1.14 bits per heavy atom. The largest absolute Gasteiger partial charge is 0.504 e. The Morgan fingerprint density at radius 2 is 1.64 bits per heavy atom. The monoisotopic (exact) mass is 314 g/mol. The summed E-state index contributed by atoms with van der Waals surface area (Å²) in [6.07, 6.45) is -1.24. The summed E-state index contributed by atoms with van der Waals surface area (Å²) in [6, 6.07) is 1.86. The molecule has 8 heteroatoms.